The lowest BCUT2D eigenvalue weighted by atomic mass is 10.2. The molecule has 0 fully saturated rings. The Kier molecular flexibility index (Phi) is 4.09. The number of para-hydroxylation sites is 1. The first-order chi connectivity index (χ1) is 7.66. The molecular formula is C11H14ClN3O2. The number of nitrogens with zero attached hydrogens (tertiary/aromatic N) is 2. The van der Waals surface area contributed by atoms with Crippen LogP contribution in [-0.2, 0) is 13.6 Å². The van der Waals surface area contributed by atoms with E-state index in [9.17, 15) is 9.59 Å². The van der Waals surface area contributed by atoms with Crippen molar-refractivity contribution in [1.29, 1.82) is 0 Å². The maximum absolute atomic E-state index is 11.9. The summed E-state index contributed by atoms with van der Waals surface area (Å²) < 4.78 is 2.63. The van der Waals surface area contributed by atoms with E-state index in [1.165, 1.54) is 11.6 Å². The van der Waals surface area contributed by atoms with Crippen molar-refractivity contribution in [3.63, 3.8) is 0 Å². The van der Waals surface area contributed by atoms with Crippen molar-refractivity contribution in [3.05, 3.63) is 45.1 Å². The molecule has 1 aromatic carbocycles. The van der Waals surface area contributed by atoms with Crippen molar-refractivity contribution >= 4 is 23.3 Å². The lowest BCUT2D eigenvalue weighted by Gasteiger charge is -2.10. The molecular weight excluding hydrogens is 242 g/mol. The summed E-state index contributed by atoms with van der Waals surface area (Å²) >= 11 is 0. The Balaban J connectivity index is 0.00000144. The lowest BCUT2D eigenvalue weighted by Crippen LogP contribution is -2.39. The number of hydrogen-bond donors (Lipinski definition) is 1. The molecule has 0 atom stereocenters. The summed E-state index contributed by atoms with van der Waals surface area (Å²) in [6.07, 6.45) is 0. The van der Waals surface area contributed by atoms with Gasteiger partial charge in [0, 0.05) is 20.1 Å². The summed E-state index contributed by atoms with van der Waals surface area (Å²) in [4.78, 5) is 23.7. The van der Waals surface area contributed by atoms with Gasteiger partial charge in [0.2, 0.25) is 0 Å². The van der Waals surface area contributed by atoms with Crippen LogP contribution in [0.2, 0.25) is 0 Å². The van der Waals surface area contributed by atoms with Gasteiger partial charge in [-0.1, -0.05) is 12.1 Å². The summed E-state index contributed by atoms with van der Waals surface area (Å²) in [5.41, 5.74) is 5.51. The van der Waals surface area contributed by atoms with Crippen LogP contribution >= 0.6 is 12.4 Å². The monoisotopic (exact) mass is 255 g/mol. The van der Waals surface area contributed by atoms with Gasteiger partial charge in [-0.15, -0.1) is 12.4 Å². The Morgan fingerprint density at radius 2 is 1.88 bits per heavy atom. The molecule has 2 N–H and O–H groups in total. The van der Waals surface area contributed by atoms with Gasteiger partial charge in [0.05, 0.1) is 10.9 Å². The van der Waals surface area contributed by atoms with Crippen LogP contribution in [0.1, 0.15) is 0 Å². The van der Waals surface area contributed by atoms with E-state index in [4.69, 9.17) is 5.73 Å². The van der Waals surface area contributed by atoms with E-state index in [-0.39, 0.29) is 23.7 Å². The quantitative estimate of drug-likeness (QED) is 0.826. The van der Waals surface area contributed by atoms with Crippen LogP contribution in [0.3, 0.4) is 0 Å². The second-order valence-electron chi connectivity index (χ2n) is 3.60. The molecule has 0 radical (unpaired) electrons. The van der Waals surface area contributed by atoms with Gasteiger partial charge in [-0.05, 0) is 12.1 Å². The molecule has 0 amide bonds. The van der Waals surface area contributed by atoms with Crippen molar-refractivity contribution in [1.82, 2.24) is 9.13 Å². The molecule has 1 aromatic heterocycles. The second kappa shape index (κ2) is 5.16. The average molecular weight is 256 g/mol. The Hall–Kier alpha value is -1.59. The Bertz CT molecular complexity index is 645. The van der Waals surface area contributed by atoms with Crippen molar-refractivity contribution in [2.75, 3.05) is 6.54 Å². The molecule has 5 nitrogen and oxygen atoms in total. The molecule has 2 rings (SSSR count). The first-order valence-electron chi connectivity index (χ1n) is 5.05. The molecule has 0 unspecified atom stereocenters. The van der Waals surface area contributed by atoms with Gasteiger partial charge in [-0.3, -0.25) is 13.9 Å². The van der Waals surface area contributed by atoms with Crippen molar-refractivity contribution < 1.29 is 0 Å². The Morgan fingerprint density at radius 1 is 1.24 bits per heavy atom. The molecule has 92 valence electrons. The number of benzene rings is 1. The molecule has 0 aliphatic carbocycles. The fourth-order valence-corrected chi connectivity index (χ4v) is 1.79. The summed E-state index contributed by atoms with van der Waals surface area (Å²) in [5.74, 6) is 0. The maximum atomic E-state index is 11.9. The number of rotatable bonds is 2. The standard InChI is InChI=1S/C11H13N3O2.ClH/c1-13-10(15)8-4-2-3-5-9(8)14(7-6-12)11(13)16;/h2-5H,6-7,12H2,1H3;1H. The lowest BCUT2D eigenvalue weighted by molar-refractivity contribution is 0.632. The van der Waals surface area contributed by atoms with Gasteiger partial charge in [0.1, 0.15) is 0 Å². The normalized spacial score (nSPS) is 10.2. The molecule has 0 saturated carbocycles. The van der Waals surface area contributed by atoms with Crippen LogP contribution in [0.25, 0.3) is 10.9 Å². The fourth-order valence-electron chi connectivity index (χ4n) is 1.79. The van der Waals surface area contributed by atoms with E-state index >= 15 is 0 Å². The molecule has 2 aromatic rings. The summed E-state index contributed by atoms with van der Waals surface area (Å²) in [6, 6.07) is 7.05. The molecule has 6 heteroatoms. The Labute approximate surface area is 104 Å². The zero-order valence-corrected chi connectivity index (χ0v) is 10.2. The van der Waals surface area contributed by atoms with Crippen LogP contribution in [0.5, 0.6) is 0 Å². The molecule has 0 saturated heterocycles. The van der Waals surface area contributed by atoms with Gasteiger partial charge in [-0.25, -0.2) is 4.79 Å². The van der Waals surface area contributed by atoms with Gasteiger partial charge < -0.3 is 5.73 Å². The maximum Gasteiger partial charge on any atom is 0.331 e. The molecule has 17 heavy (non-hydrogen) atoms. The third-order valence-electron chi connectivity index (χ3n) is 2.60. The molecule has 0 bridgehead atoms. The minimum atomic E-state index is -0.325. The first-order valence-corrected chi connectivity index (χ1v) is 5.05. The van der Waals surface area contributed by atoms with E-state index in [0.717, 1.165) is 4.57 Å². The molecule has 1 heterocycles. The van der Waals surface area contributed by atoms with Crippen LogP contribution in [0, 0.1) is 0 Å². The van der Waals surface area contributed by atoms with E-state index in [0.29, 0.717) is 24.0 Å². The van der Waals surface area contributed by atoms with Crippen LogP contribution < -0.4 is 17.0 Å². The van der Waals surface area contributed by atoms with Crippen LogP contribution in [0.15, 0.2) is 33.9 Å². The zero-order valence-electron chi connectivity index (χ0n) is 9.42. The number of halogens is 1. The number of aromatic nitrogens is 2. The largest absolute Gasteiger partial charge is 0.331 e. The fraction of sp³-hybridized carbons (Fsp3) is 0.273. The minimum Gasteiger partial charge on any atom is -0.329 e. The number of fused-ring (bicyclic) bond motifs is 1. The summed E-state index contributed by atoms with van der Waals surface area (Å²) in [5, 5.41) is 0.540. The highest BCUT2D eigenvalue weighted by Crippen LogP contribution is 2.06. The van der Waals surface area contributed by atoms with E-state index < -0.39 is 0 Å². The van der Waals surface area contributed by atoms with Gasteiger partial charge in [-0.2, -0.15) is 0 Å². The second-order valence-corrected chi connectivity index (χ2v) is 3.60. The van der Waals surface area contributed by atoms with Crippen LogP contribution in [0.4, 0.5) is 0 Å². The van der Waals surface area contributed by atoms with E-state index in [2.05, 4.69) is 0 Å². The van der Waals surface area contributed by atoms with Crippen LogP contribution in [-0.4, -0.2) is 15.7 Å². The third kappa shape index (κ3) is 2.11. The number of hydrogen-bond acceptors (Lipinski definition) is 3. The highest BCUT2D eigenvalue weighted by atomic mass is 35.5. The zero-order chi connectivity index (χ0) is 11.7. The topological polar surface area (TPSA) is 70.0 Å². The Morgan fingerprint density at radius 3 is 2.53 bits per heavy atom. The summed E-state index contributed by atoms with van der Waals surface area (Å²) in [7, 11) is 1.48. The average Bonchev–Trinajstić information content (AvgIpc) is 2.32. The smallest absolute Gasteiger partial charge is 0.329 e. The van der Waals surface area contributed by atoms with E-state index in [1.807, 2.05) is 0 Å². The first kappa shape index (κ1) is 13.5. The van der Waals surface area contributed by atoms with Crippen molar-refractivity contribution in [2.45, 2.75) is 6.54 Å². The third-order valence-corrected chi connectivity index (χ3v) is 2.60. The molecule has 0 aliphatic rings. The van der Waals surface area contributed by atoms with Gasteiger partial charge in [0.15, 0.2) is 0 Å². The minimum absolute atomic E-state index is 0. The van der Waals surface area contributed by atoms with E-state index in [1.54, 1.807) is 24.3 Å². The predicted molar refractivity (Wildman–Crippen MR) is 69.8 cm³/mol. The highest BCUT2D eigenvalue weighted by molar-refractivity contribution is 5.85. The summed E-state index contributed by atoms with van der Waals surface area (Å²) in [6.45, 7) is 0.773. The predicted octanol–water partition coefficient (Wildman–Crippen LogP) is 0.0807. The van der Waals surface area contributed by atoms with Crippen molar-refractivity contribution in [3.8, 4) is 0 Å². The van der Waals surface area contributed by atoms with Gasteiger partial charge in [0.25, 0.3) is 5.56 Å². The number of nitrogens with two attached hydrogens (primary N) is 1. The SMILES string of the molecule is Cl.Cn1c(=O)c2ccccc2n(CCN)c1=O. The van der Waals surface area contributed by atoms with Gasteiger partial charge >= 0.3 is 5.69 Å². The molecule has 0 aliphatic heterocycles. The molecule has 0 spiro atoms. The van der Waals surface area contributed by atoms with Crippen molar-refractivity contribution in [2.24, 2.45) is 12.8 Å². The highest BCUT2D eigenvalue weighted by Gasteiger charge is 2.08.